The molecule has 0 saturated carbocycles. The minimum absolute atomic E-state index is 0.00119. The summed E-state index contributed by atoms with van der Waals surface area (Å²) in [4.78, 5) is 12.0. The minimum atomic E-state index is -0.584. The highest BCUT2D eigenvalue weighted by atomic mass is 32.1. The van der Waals surface area contributed by atoms with Crippen molar-refractivity contribution in [3.63, 3.8) is 0 Å². The fourth-order valence-electron chi connectivity index (χ4n) is 1.46. The van der Waals surface area contributed by atoms with Gasteiger partial charge in [0.15, 0.2) is 0 Å². The number of hydrogen-bond acceptors (Lipinski definition) is 5. The van der Waals surface area contributed by atoms with Gasteiger partial charge in [-0.25, -0.2) is 0 Å². The summed E-state index contributed by atoms with van der Waals surface area (Å²) in [5, 5.41) is 27.5. The summed E-state index contributed by atoms with van der Waals surface area (Å²) in [7, 11) is 0. The highest BCUT2D eigenvalue weighted by Gasteiger charge is 2.15. The van der Waals surface area contributed by atoms with Crippen molar-refractivity contribution in [1.29, 1.82) is 0 Å². The Bertz CT molecular complexity index is 653. The van der Waals surface area contributed by atoms with Gasteiger partial charge in [-0.15, -0.1) is 0 Å². The van der Waals surface area contributed by atoms with Gasteiger partial charge in [0.05, 0.1) is 17.3 Å². The summed E-state index contributed by atoms with van der Waals surface area (Å²) in [6.45, 7) is 0. The number of amides is 1. The molecule has 0 bridgehead atoms. The first-order chi connectivity index (χ1) is 8.99. The number of carbonyl (C=O) groups excluding carboxylic acids is 1. The summed E-state index contributed by atoms with van der Waals surface area (Å²) in [6.07, 6.45) is 1.38. The number of hydrogen-bond donors (Lipinski definition) is 5. The molecule has 0 aliphatic carbocycles. The van der Waals surface area contributed by atoms with E-state index in [1.807, 2.05) is 0 Å². The number of H-pyrrole nitrogens is 1. The highest BCUT2D eigenvalue weighted by molar-refractivity contribution is 7.80. The normalized spacial score (nSPS) is 10.1. The number of anilines is 1. The van der Waals surface area contributed by atoms with Crippen molar-refractivity contribution in [3.05, 3.63) is 35.5 Å². The third-order valence-corrected chi connectivity index (χ3v) is 2.59. The number of phenolic OH excluding ortho intramolecular Hbond substituents is 2. The van der Waals surface area contributed by atoms with Crippen molar-refractivity contribution in [1.82, 2.24) is 10.2 Å². The average Bonchev–Trinajstić information content (AvgIpc) is 2.76. The zero-order valence-electron chi connectivity index (χ0n) is 9.54. The van der Waals surface area contributed by atoms with Gasteiger partial charge in [-0.2, -0.15) is 5.10 Å². The molecule has 8 heteroatoms. The molecule has 2 aromatic rings. The lowest BCUT2D eigenvalue weighted by atomic mass is 10.1. The van der Waals surface area contributed by atoms with Crippen LogP contribution in [0.2, 0.25) is 0 Å². The molecule has 0 aliphatic heterocycles. The summed E-state index contributed by atoms with van der Waals surface area (Å²) in [5.41, 5.74) is 5.85. The van der Waals surface area contributed by atoms with E-state index in [1.54, 1.807) is 0 Å². The van der Waals surface area contributed by atoms with Crippen LogP contribution in [0.15, 0.2) is 24.4 Å². The minimum Gasteiger partial charge on any atom is -0.508 e. The molecule has 0 saturated heterocycles. The maximum atomic E-state index is 11.9. The predicted molar refractivity (Wildman–Crippen MR) is 72.2 cm³/mol. The molecule has 0 aliphatic rings. The number of nitrogens with two attached hydrogens (primary N) is 1. The fraction of sp³-hybridized carbons (Fsp3) is 0. The Hall–Kier alpha value is -2.61. The SMILES string of the molecule is NC(=S)c1cn[nH]c1NC(=O)c1ccc(O)cc1O. The molecular formula is C11H10N4O3S. The van der Waals surface area contributed by atoms with E-state index in [1.165, 1.54) is 18.3 Å². The topological polar surface area (TPSA) is 124 Å². The van der Waals surface area contributed by atoms with Gasteiger partial charge < -0.3 is 21.3 Å². The van der Waals surface area contributed by atoms with Crippen LogP contribution in [0.3, 0.4) is 0 Å². The molecule has 1 aromatic carbocycles. The van der Waals surface area contributed by atoms with Gasteiger partial charge in [0.1, 0.15) is 22.3 Å². The molecule has 19 heavy (non-hydrogen) atoms. The molecule has 0 radical (unpaired) electrons. The Balaban J connectivity index is 2.26. The van der Waals surface area contributed by atoms with Gasteiger partial charge in [0.25, 0.3) is 5.91 Å². The molecule has 2 rings (SSSR count). The van der Waals surface area contributed by atoms with Gasteiger partial charge >= 0.3 is 0 Å². The van der Waals surface area contributed by atoms with Gasteiger partial charge in [0, 0.05) is 6.07 Å². The summed E-state index contributed by atoms with van der Waals surface area (Å²) in [6, 6.07) is 3.64. The quantitative estimate of drug-likeness (QED) is 0.527. The first-order valence-corrected chi connectivity index (χ1v) is 5.56. The van der Waals surface area contributed by atoms with Crippen molar-refractivity contribution in [3.8, 4) is 11.5 Å². The molecule has 1 aromatic heterocycles. The molecule has 0 unspecified atom stereocenters. The van der Waals surface area contributed by atoms with Crippen molar-refractivity contribution in [2.75, 3.05) is 5.32 Å². The van der Waals surface area contributed by atoms with Crippen LogP contribution >= 0.6 is 12.2 Å². The van der Waals surface area contributed by atoms with Gasteiger partial charge in [-0.3, -0.25) is 9.89 Å². The summed E-state index contributed by atoms with van der Waals surface area (Å²) in [5.74, 6) is -0.822. The van der Waals surface area contributed by atoms with Gasteiger partial charge in [-0.1, -0.05) is 12.2 Å². The van der Waals surface area contributed by atoms with E-state index in [-0.39, 0.29) is 27.9 Å². The van der Waals surface area contributed by atoms with Crippen molar-refractivity contribution in [2.24, 2.45) is 5.73 Å². The smallest absolute Gasteiger partial charge is 0.260 e. The number of nitrogens with zero attached hydrogens (tertiary/aromatic N) is 1. The number of thiocarbonyl (C=S) groups is 1. The van der Waals surface area contributed by atoms with Crippen LogP contribution in [-0.4, -0.2) is 31.3 Å². The molecular weight excluding hydrogens is 268 g/mol. The third-order valence-electron chi connectivity index (χ3n) is 2.37. The van der Waals surface area contributed by atoms with Crippen LogP contribution in [-0.2, 0) is 0 Å². The predicted octanol–water partition coefficient (Wildman–Crippen LogP) is 0.707. The molecule has 98 valence electrons. The second kappa shape index (κ2) is 4.94. The number of benzene rings is 1. The van der Waals surface area contributed by atoms with Crippen LogP contribution < -0.4 is 11.1 Å². The first kappa shape index (κ1) is 12.8. The molecule has 7 nitrogen and oxygen atoms in total. The van der Waals surface area contributed by atoms with Crippen molar-refractivity contribution >= 4 is 28.9 Å². The standard InChI is InChI=1S/C11H10N4O3S/c12-9(19)7-4-13-15-10(7)14-11(18)6-2-1-5(16)3-8(6)17/h1-4,16-17H,(H2,12,19)(H2,13,14,15,18). The highest BCUT2D eigenvalue weighted by Crippen LogP contribution is 2.23. The number of rotatable bonds is 3. The maximum Gasteiger partial charge on any atom is 0.260 e. The van der Waals surface area contributed by atoms with E-state index in [2.05, 4.69) is 15.5 Å². The van der Waals surface area contributed by atoms with Crippen molar-refractivity contribution < 1.29 is 15.0 Å². The van der Waals surface area contributed by atoms with Crippen LogP contribution in [0.5, 0.6) is 11.5 Å². The lowest BCUT2D eigenvalue weighted by molar-refractivity contribution is 0.102. The number of aromatic amines is 1. The maximum absolute atomic E-state index is 11.9. The first-order valence-electron chi connectivity index (χ1n) is 5.15. The Morgan fingerprint density at radius 2 is 2.11 bits per heavy atom. The Labute approximate surface area is 113 Å². The van der Waals surface area contributed by atoms with Crippen LogP contribution in [0.1, 0.15) is 15.9 Å². The Morgan fingerprint density at radius 3 is 2.74 bits per heavy atom. The van der Waals surface area contributed by atoms with Crippen LogP contribution in [0.4, 0.5) is 5.82 Å². The summed E-state index contributed by atoms with van der Waals surface area (Å²) >= 11 is 4.80. The second-order valence-corrected chi connectivity index (χ2v) is 4.12. The van der Waals surface area contributed by atoms with Crippen LogP contribution in [0, 0.1) is 0 Å². The fourth-order valence-corrected chi connectivity index (χ4v) is 1.62. The molecule has 1 amide bonds. The van der Waals surface area contributed by atoms with Crippen LogP contribution in [0.25, 0.3) is 0 Å². The molecule has 0 spiro atoms. The van der Waals surface area contributed by atoms with E-state index in [0.717, 1.165) is 6.07 Å². The second-order valence-electron chi connectivity index (χ2n) is 3.68. The van der Waals surface area contributed by atoms with Gasteiger partial charge in [0.2, 0.25) is 0 Å². The largest absolute Gasteiger partial charge is 0.508 e. The molecule has 0 atom stereocenters. The molecule has 1 heterocycles. The average molecular weight is 278 g/mol. The molecule has 0 fully saturated rings. The monoisotopic (exact) mass is 278 g/mol. The van der Waals surface area contributed by atoms with E-state index < -0.39 is 5.91 Å². The molecule has 6 N–H and O–H groups in total. The number of nitrogens with one attached hydrogen (secondary N) is 2. The van der Waals surface area contributed by atoms with E-state index >= 15 is 0 Å². The van der Waals surface area contributed by atoms with E-state index in [4.69, 9.17) is 23.1 Å². The third kappa shape index (κ3) is 2.63. The van der Waals surface area contributed by atoms with E-state index in [0.29, 0.717) is 5.56 Å². The lowest BCUT2D eigenvalue weighted by Gasteiger charge is -2.06. The van der Waals surface area contributed by atoms with Gasteiger partial charge in [-0.05, 0) is 12.1 Å². The lowest BCUT2D eigenvalue weighted by Crippen LogP contribution is -2.17. The van der Waals surface area contributed by atoms with Crippen molar-refractivity contribution in [2.45, 2.75) is 0 Å². The number of aromatic hydroxyl groups is 2. The Morgan fingerprint density at radius 1 is 1.37 bits per heavy atom. The zero-order chi connectivity index (χ0) is 14.0. The number of phenols is 2. The summed E-state index contributed by atoms with van der Waals surface area (Å²) < 4.78 is 0. The Kier molecular flexibility index (Phi) is 3.34. The zero-order valence-corrected chi connectivity index (χ0v) is 10.4. The van der Waals surface area contributed by atoms with E-state index in [9.17, 15) is 9.90 Å². The number of carbonyl (C=O) groups is 1. The number of aromatic nitrogens is 2.